The van der Waals surface area contributed by atoms with Crippen molar-refractivity contribution >= 4 is 35.0 Å². The van der Waals surface area contributed by atoms with E-state index < -0.39 is 47.2 Å². The molecule has 2 saturated heterocycles. The summed E-state index contributed by atoms with van der Waals surface area (Å²) in [4.78, 5) is 42.0. The van der Waals surface area contributed by atoms with Gasteiger partial charge in [0.15, 0.2) is 11.5 Å². The molecule has 6 rings (SSSR count). The van der Waals surface area contributed by atoms with Crippen molar-refractivity contribution in [1.82, 2.24) is 10.2 Å². The SMILES string of the molecule is Cc1c(Cl)ccc2c1NC(=O)[C@]21N[C@H]([C@@H](C)O)[C@H]2C(=O)N(Cc3ccc4c(c3)OCO4)C(=O)[C@@H]21. The maximum Gasteiger partial charge on any atom is 0.250 e. The molecule has 4 aliphatic heterocycles. The normalized spacial score (nSPS) is 29.6. The number of benzene rings is 2. The Hall–Kier alpha value is -3.14. The van der Waals surface area contributed by atoms with Gasteiger partial charge in [0.25, 0.3) is 0 Å². The van der Waals surface area contributed by atoms with Gasteiger partial charge in [0.2, 0.25) is 24.5 Å². The lowest BCUT2D eigenvalue weighted by Crippen LogP contribution is -2.54. The zero-order valence-electron chi connectivity index (χ0n) is 18.4. The van der Waals surface area contributed by atoms with Crippen LogP contribution in [0.1, 0.15) is 23.6 Å². The number of nitrogens with one attached hydrogen (secondary N) is 2. The zero-order chi connectivity index (χ0) is 23.9. The lowest BCUT2D eigenvalue weighted by molar-refractivity contribution is -0.143. The van der Waals surface area contributed by atoms with Gasteiger partial charge in [-0.1, -0.05) is 23.7 Å². The van der Waals surface area contributed by atoms with Crippen LogP contribution in [0.15, 0.2) is 30.3 Å². The van der Waals surface area contributed by atoms with Crippen LogP contribution in [0.4, 0.5) is 5.69 Å². The monoisotopic (exact) mass is 483 g/mol. The van der Waals surface area contributed by atoms with Crippen molar-refractivity contribution in [3.05, 3.63) is 52.0 Å². The number of likely N-dealkylation sites (tertiary alicyclic amines) is 1. The number of rotatable bonds is 3. The number of anilines is 1. The Morgan fingerprint density at radius 1 is 1.18 bits per heavy atom. The number of carbonyl (C=O) groups excluding carboxylic acids is 3. The van der Waals surface area contributed by atoms with E-state index in [1.54, 1.807) is 44.2 Å². The van der Waals surface area contributed by atoms with Crippen LogP contribution in [0.5, 0.6) is 11.5 Å². The number of halogens is 1. The fourth-order valence-corrected chi connectivity index (χ4v) is 5.93. The first kappa shape index (κ1) is 21.4. The second kappa shape index (κ2) is 7.18. The van der Waals surface area contributed by atoms with Gasteiger partial charge in [-0.3, -0.25) is 24.6 Å². The van der Waals surface area contributed by atoms with E-state index in [1.165, 1.54) is 4.90 Å². The maximum atomic E-state index is 13.8. The van der Waals surface area contributed by atoms with Crippen LogP contribution in [0, 0.1) is 18.8 Å². The van der Waals surface area contributed by atoms with E-state index in [0.717, 1.165) is 0 Å². The molecule has 4 heterocycles. The molecule has 5 atom stereocenters. The van der Waals surface area contributed by atoms with Gasteiger partial charge in [0, 0.05) is 16.6 Å². The standard InChI is InChI=1S/C24H22ClN3O6/c1-10-14(25)5-4-13-19(10)26-23(32)24(13)18-17(20(27-24)11(2)29)21(30)28(22(18)31)8-12-3-6-15-16(7-12)34-9-33-15/h3-7,11,17-18,20,27,29H,8-9H2,1-2H3,(H,26,32)/t11-,17+,18-,20-,24+/m1/s1. The Bertz CT molecular complexity index is 1280. The summed E-state index contributed by atoms with van der Waals surface area (Å²) in [5, 5.41) is 17.1. The highest BCUT2D eigenvalue weighted by Gasteiger charge is 2.71. The van der Waals surface area contributed by atoms with Gasteiger partial charge in [-0.05, 0) is 43.2 Å². The number of imide groups is 1. The van der Waals surface area contributed by atoms with Crippen LogP contribution < -0.4 is 20.1 Å². The smallest absolute Gasteiger partial charge is 0.250 e. The summed E-state index contributed by atoms with van der Waals surface area (Å²) in [5.74, 6) is -2.06. The molecule has 10 heteroatoms. The third-order valence-corrected chi connectivity index (χ3v) is 7.82. The number of amides is 3. The number of hydrogen-bond acceptors (Lipinski definition) is 7. The molecule has 1 spiro atoms. The first-order chi connectivity index (χ1) is 16.2. The molecule has 34 heavy (non-hydrogen) atoms. The van der Waals surface area contributed by atoms with E-state index in [2.05, 4.69) is 10.6 Å². The Labute approximate surface area is 200 Å². The molecule has 2 aromatic carbocycles. The Morgan fingerprint density at radius 3 is 2.71 bits per heavy atom. The molecule has 3 N–H and O–H groups in total. The molecule has 0 bridgehead atoms. The van der Waals surface area contributed by atoms with Crippen LogP contribution in [0.25, 0.3) is 0 Å². The molecule has 3 amide bonds. The molecule has 2 aromatic rings. The quantitative estimate of drug-likeness (QED) is 0.568. The highest BCUT2D eigenvalue weighted by atomic mass is 35.5. The molecule has 0 radical (unpaired) electrons. The predicted molar refractivity (Wildman–Crippen MR) is 120 cm³/mol. The topological polar surface area (TPSA) is 117 Å². The number of aliphatic hydroxyl groups is 1. The van der Waals surface area contributed by atoms with Crippen LogP contribution in [0.2, 0.25) is 5.02 Å². The van der Waals surface area contributed by atoms with Crippen molar-refractivity contribution in [3.8, 4) is 11.5 Å². The molecule has 0 aliphatic carbocycles. The predicted octanol–water partition coefficient (Wildman–Crippen LogP) is 1.68. The highest BCUT2D eigenvalue weighted by Crippen LogP contribution is 2.54. The lowest BCUT2D eigenvalue weighted by atomic mass is 9.76. The fraction of sp³-hybridized carbons (Fsp3) is 0.375. The second-order valence-corrected chi connectivity index (χ2v) is 9.63. The minimum atomic E-state index is -1.48. The number of fused-ring (bicyclic) bond motifs is 5. The highest BCUT2D eigenvalue weighted by molar-refractivity contribution is 6.32. The molecule has 2 fully saturated rings. The number of ether oxygens (including phenoxy) is 2. The molecular formula is C24H22ClN3O6. The Kier molecular flexibility index (Phi) is 4.52. The summed E-state index contributed by atoms with van der Waals surface area (Å²) in [6.45, 7) is 3.48. The van der Waals surface area contributed by atoms with Crippen LogP contribution in [-0.4, -0.2) is 46.7 Å². The summed E-state index contributed by atoms with van der Waals surface area (Å²) >= 11 is 6.27. The molecule has 4 aliphatic rings. The summed E-state index contributed by atoms with van der Waals surface area (Å²) < 4.78 is 10.7. The minimum Gasteiger partial charge on any atom is -0.454 e. The van der Waals surface area contributed by atoms with Crippen LogP contribution in [0.3, 0.4) is 0 Å². The average molecular weight is 484 g/mol. The van der Waals surface area contributed by atoms with E-state index in [4.69, 9.17) is 21.1 Å². The van der Waals surface area contributed by atoms with E-state index in [1.807, 2.05) is 0 Å². The molecule has 176 valence electrons. The van der Waals surface area contributed by atoms with Crippen molar-refractivity contribution in [3.63, 3.8) is 0 Å². The summed E-state index contributed by atoms with van der Waals surface area (Å²) in [6, 6.07) is 7.84. The van der Waals surface area contributed by atoms with Gasteiger partial charge in [-0.15, -0.1) is 0 Å². The fourth-order valence-electron chi connectivity index (χ4n) is 5.77. The van der Waals surface area contributed by atoms with Crippen LogP contribution >= 0.6 is 11.6 Å². The maximum absolute atomic E-state index is 13.8. The number of carbonyl (C=O) groups is 3. The molecule has 0 saturated carbocycles. The number of aliphatic hydroxyl groups excluding tert-OH is 1. The molecule has 9 nitrogen and oxygen atoms in total. The summed E-state index contributed by atoms with van der Waals surface area (Å²) in [5.41, 5.74) is 0.985. The zero-order valence-corrected chi connectivity index (χ0v) is 19.2. The van der Waals surface area contributed by atoms with Gasteiger partial charge < -0.3 is 19.9 Å². The van der Waals surface area contributed by atoms with E-state index >= 15 is 0 Å². The van der Waals surface area contributed by atoms with E-state index in [-0.39, 0.29) is 13.3 Å². The second-order valence-electron chi connectivity index (χ2n) is 9.22. The number of hydrogen-bond donors (Lipinski definition) is 3. The van der Waals surface area contributed by atoms with E-state index in [9.17, 15) is 19.5 Å². The number of nitrogens with zero attached hydrogens (tertiary/aromatic N) is 1. The summed E-state index contributed by atoms with van der Waals surface area (Å²) in [7, 11) is 0. The van der Waals surface area contributed by atoms with Gasteiger partial charge in [0.1, 0.15) is 5.54 Å². The van der Waals surface area contributed by atoms with Crippen molar-refractivity contribution in [1.29, 1.82) is 0 Å². The third-order valence-electron chi connectivity index (χ3n) is 7.41. The largest absolute Gasteiger partial charge is 0.454 e. The molecular weight excluding hydrogens is 462 g/mol. The van der Waals surface area contributed by atoms with Gasteiger partial charge in [-0.2, -0.15) is 0 Å². The van der Waals surface area contributed by atoms with Crippen LogP contribution in [-0.2, 0) is 26.5 Å². The van der Waals surface area contributed by atoms with Crippen molar-refractivity contribution in [2.75, 3.05) is 12.1 Å². The van der Waals surface area contributed by atoms with Gasteiger partial charge in [0.05, 0.1) is 30.2 Å². The van der Waals surface area contributed by atoms with E-state index in [0.29, 0.717) is 38.9 Å². The van der Waals surface area contributed by atoms with Gasteiger partial charge in [-0.25, -0.2) is 0 Å². The summed E-state index contributed by atoms with van der Waals surface area (Å²) in [6.07, 6.45) is -0.973. The Balaban J connectivity index is 1.43. The van der Waals surface area contributed by atoms with Crippen molar-refractivity contribution in [2.24, 2.45) is 11.8 Å². The third kappa shape index (κ3) is 2.65. The minimum absolute atomic E-state index is 0.0258. The van der Waals surface area contributed by atoms with Gasteiger partial charge >= 0.3 is 0 Å². The Morgan fingerprint density at radius 2 is 1.94 bits per heavy atom. The molecule has 0 unspecified atom stereocenters. The average Bonchev–Trinajstić information content (AvgIpc) is 3.53. The van der Waals surface area contributed by atoms with Crippen molar-refractivity contribution < 1.29 is 29.0 Å². The first-order valence-electron chi connectivity index (χ1n) is 11.0. The van der Waals surface area contributed by atoms with Crippen molar-refractivity contribution in [2.45, 2.75) is 38.1 Å². The first-order valence-corrected chi connectivity index (χ1v) is 11.4. The lowest BCUT2D eigenvalue weighted by Gasteiger charge is -2.30. The molecule has 0 aromatic heterocycles.